The number of nitrogens with two attached hydrogens (primary N) is 1. The highest BCUT2D eigenvalue weighted by Gasteiger charge is 2.16. The summed E-state index contributed by atoms with van der Waals surface area (Å²) in [5.41, 5.74) is 5.93. The number of aromatic carboxylic acids is 1. The molecule has 1 aromatic rings. The van der Waals surface area contributed by atoms with Crippen LogP contribution in [0.4, 0.5) is 5.69 Å². The highest BCUT2D eigenvalue weighted by atomic mass is 79.9. The van der Waals surface area contributed by atoms with Crippen LogP contribution in [0.1, 0.15) is 9.67 Å². The Morgan fingerprint density at radius 2 is 2.09 bits per heavy atom. The number of hydrogen-bond donors (Lipinski definition) is 2. The average molecular weight is 301 g/mol. The normalized spacial score (nSPS) is 10.0. The van der Waals surface area contributed by atoms with Gasteiger partial charge in [-0.05, 0) is 31.9 Å². The molecular weight excluding hydrogens is 298 g/mol. The van der Waals surface area contributed by atoms with Gasteiger partial charge in [0, 0.05) is 0 Å². The fourth-order valence-electron chi connectivity index (χ4n) is 0.536. The molecule has 0 fully saturated rings. The van der Waals surface area contributed by atoms with E-state index in [4.69, 9.17) is 10.8 Å². The van der Waals surface area contributed by atoms with Crippen LogP contribution in [0.3, 0.4) is 0 Å². The van der Waals surface area contributed by atoms with E-state index in [2.05, 4.69) is 31.9 Å². The topological polar surface area (TPSA) is 63.3 Å². The third-order valence-corrected chi connectivity index (χ3v) is 4.01. The largest absolute Gasteiger partial charge is 0.477 e. The Labute approximate surface area is 83.5 Å². The van der Waals surface area contributed by atoms with E-state index in [0.717, 1.165) is 11.3 Å². The highest BCUT2D eigenvalue weighted by molar-refractivity contribution is 9.11. The van der Waals surface area contributed by atoms with Crippen molar-refractivity contribution in [2.24, 2.45) is 0 Å². The van der Waals surface area contributed by atoms with E-state index >= 15 is 0 Å². The molecule has 60 valence electrons. The number of carboxylic acids is 1. The molecule has 1 heterocycles. The summed E-state index contributed by atoms with van der Waals surface area (Å²) in [6, 6.07) is 0. The number of carbonyl (C=O) groups is 1. The SMILES string of the molecule is Nc1c(Br)sc(C(=O)O)c1Br. The number of rotatable bonds is 1. The van der Waals surface area contributed by atoms with Crippen molar-refractivity contribution in [2.75, 3.05) is 5.73 Å². The van der Waals surface area contributed by atoms with Crippen molar-refractivity contribution in [1.29, 1.82) is 0 Å². The van der Waals surface area contributed by atoms with Gasteiger partial charge < -0.3 is 10.8 Å². The standard InChI is InChI=1S/C5H3Br2NO2S/c6-1-2(8)4(7)11-3(1)5(9)10/h8H2,(H,9,10). The Hall–Kier alpha value is -0.0700. The first kappa shape index (κ1) is 9.02. The van der Waals surface area contributed by atoms with Crippen molar-refractivity contribution < 1.29 is 9.90 Å². The molecule has 1 aromatic heterocycles. The number of halogens is 2. The lowest BCUT2D eigenvalue weighted by Gasteiger charge is -1.88. The molecule has 0 spiro atoms. The molecule has 0 radical (unpaired) electrons. The quantitative estimate of drug-likeness (QED) is 0.838. The molecule has 6 heteroatoms. The van der Waals surface area contributed by atoms with E-state index in [0.29, 0.717) is 13.9 Å². The van der Waals surface area contributed by atoms with Gasteiger partial charge in [0.1, 0.15) is 4.88 Å². The van der Waals surface area contributed by atoms with E-state index in [9.17, 15) is 4.79 Å². The van der Waals surface area contributed by atoms with Crippen molar-refractivity contribution >= 4 is 54.9 Å². The number of nitrogen functional groups attached to an aromatic ring is 1. The molecule has 0 unspecified atom stereocenters. The van der Waals surface area contributed by atoms with Gasteiger partial charge in [0.25, 0.3) is 0 Å². The lowest BCUT2D eigenvalue weighted by molar-refractivity contribution is 0.0701. The van der Waals surface area contributed by atoms with Crippen molar-refractivity contribution in [3.63, 3.8) is 0 Å². The predicted molar refractivity (Wildman–Crippen MR) is 51.1 cm³/mol. The molecule has 0 saturated heterocycles. The molecule has 0 aliphatic carbocycles. The van der Waals surface area contributed by atoms with Crippen molar-refractivity contribution in [2.45, 2.75) is 0 Å². The summed E-state index contributed by atoms with van der Waals surface area (Å²) in [5, 5.41) is 8.61. The second-order valence-corrected chi connectivity index (χ2v) is 4.87. The average Bonchev–Trinajstić information content (AvgIpc) is 2.17. The number of thiophene rings is 1. The minimum atomic E-state index is -0.973. The van der Waals surface area contributed by atoms with Crippen LogP contribution in [-0.2, 0) is 0 Å². The van der Waals surface area contributed by atoms with E-state index < -0.39 is 5.97 Å². The zero-order valence-electron chi connectivity index (χ0n) is 5.10. The fourth-order valence-corrected chi connectivity index (χ4v) is 2.91. The van der Waals surface area contributed by atoms with Gasteiger partial charge in [-0.2, -0.15) is 0 Å². The first-order valence-corrected chi connectivity index (χ1v) is 4.91. The maximum Gasteiger partial charge on any atom is 0.347 e. The van der Waals surface area contributed by atoms with E-state index in [1.54, 1.807) is 0 Å². The van der Waals surface area contributed by atoms with E-state index in [1.165, 1.54) is 0 Å². The van der Waals surface area contributed by atoms with Crippen LogP contribution in [-0.4, -0.2) is 11.1 Å². The molecule has 0 atom stereocenters. The molecule has 1 rings (SSSR count). The van der Waals surface area contributed by atoms with Gasteiger partial charge in [0.05, 0.1) is 13.9 Å². The molecule has 0 saturated carbocycles. The van der Waals surface area contributed by atoms with E-state index in [-0.39, 0.29) is 4.88 Å². The van der Waals surface area contributed by atoms with Crippen LogP contribution in [0.25, 0.3) is 0 Å². The summed E-state index contributed by atoms with van der Waals surface area (Å²) in [5.74, 6) is -0.973. The second-order valence-electron chi connectivity index (χ2n) is 1.74. The summed E-state index contributed by atoms with van der Waals surface area (Å²) in [4.78, 5) is 10.7. The van der Waals surface area contributed by atoms with Crippen LogP contribution in [0.2, 0.25) is 0 Å². The number of anilines is 1. The summed E-state index contributed by atoms with van der Waals surface area (Å²) in [6.45, 7) is 0. The molecule has 3 N–H and O–H groups in total. The Morgan fingerprint density at radius 3 is 2.27 bits per heavy atom. The van der Waals surface area contributed by atoms with Gasteiger partial charge in [-0.1, -0.05) is 0 Å². The van der Waals surface area contributed by atoms with Crippen molar-refractivity contribution in [3.8, 4) is 0 Å². The Bertz CT molecular complexity index is 310. The summed E-state index contributed by atoms with van der Waals surface area (Å²) < 4.78 is 1.09. The van der Waals surface area contributed by atoms with Crippen molar-refractivity contribution in [3.05, 3.63) is 13.1 Å². The lowest BCUT2D eigenvalue weighted by Crippen LogP contribution is -1.93. The molecule has 0 aliphatic heterocycles. The van der Waals surface area contributed by atoms with Crippen LogP contribution in [0.5, 0.6) is 0 Å². The third kappa shape index (κ3) is 1.57. The molecule has 11 heavy (non-hydrogen) atoms. The van der Waals surface area contributed by atoms with Crippen LogP contribution in [0, 0.1) is 0 Å². The number of hydrogen-bond acceptors (Lipinski definition) is 3. The second kappa shape index (κ2) is 3.12. The summed E-state index contributed by atoms with van der Waals surface area (Å²) in [6.07, 6.45) is 0. The first-order valence-electron chi connectivity index (χ1n) is 2.50. The van der Waals surface area contributed by atoms with Gasteiger partial charge in [-0.15, -0.1) is 11.3 Å². The van der Waals surface area contributed by atoms with Crippen LogP contribution in [0.15, 0.2) is 8.26 Å². The van der Waals surface area contributed by atoms with Gasteiger partial charge in [-0.25, -0.2) is 4.79 Å². The van der Waals surface area contributed by atoms with Gasteiger partial charge >= 0.3 is 5.97 Å². The van der Waals surface area contributed by atoms with Gasteiger partial charge in [0.15, 0.2) is 0 Å². The molecule has 0 bridgehead atoms. The maximum atomic E-state index is 10.5. The zero-order valence-corrected chi connectivity index (χ0v) is 9.09. The predicted octanol–water partition coefficient (Wildman–Crippen LogP) is 2.55. The molecular formula is C5H3Br2NO2S. The third-order valence-electron chi connectivity index (χ3n) is 1.03. The minimum Gasteiger partial charge on any atom is -0.477 e. The Kier molecular flexibility index (Phi) is 2.56. The Morgan fingerprint density at radius 1 is 1.55 bits per heavy atom. The summed E-state index contributed by atoms with van der Waals surface area (Å²) in [7, 11) is 0. The van der Waals surface area contributed by atoms with Crippen LogP contribution < -0.4 is 5.73 Å². The molecule has 3 nitrogen and oxygen atoms in total. The lowest BCUT2D eigenvalue weighted by atomic mass is 10.4. The van der Waals surface area contributed by atoms with Gasteiger partial charge in [0.2, 0.25) is 0 Å². The van der Waals surface area contributed by atoms with E-state index in [1.807, 2.05) is 0 Å². The van der Waals surface area contributed by atoms with Crippen LogP contribution >= 0.6 is 43.2 Å². The minimum absolute atomic E-state index is 0.217. The number of carboxylic acid groups (broad SMARTS) is 1. The highest BCUT2D eigenvalue weighted by Crippen LogP contribution is 2.38. The summed E-state index contributed by atoms with van der Waals surface area (Å²) >= 11 is 7.31. The molecule has 0 aromatic carbocycles. The monoisotopic (exact) mass is 299 g/mol. The maximum absolute atomic E-state index is 10.5. The fraction of sp³-hybridized carbons (Fsp3) is 0. The van der Waals surface area contributed by atoms with Gasteiger partial charge in [-0.3, -0.25) is 0 Å². The Balaban J connectivity index is 3.29. The molecule has 0 amide bonds. The zero-order chi connectivity index (χ0) is 8.59. The first-order chi connectivity index (χ1) is 5.04. The molecule has 0 aliphatic rings. The van der Waals surface area contributed by atoms with Crippen molar-refractivity contribution in [1.82, 2.24) is 0 Å². The smallest absolute Gasteiger partial charge is 0.347 e.